The van der Waals surface area contributed by atoms with Gasteiger partial charge in [-0.05, 0) is 18.6 Å². The molecule has 0 amide bonds. The highest BCUT2D eigenvalue weighted by Gasteiger charge is 2.15. The molecule has 0 spiro atoms. The van der Waals surface area contributed by atoms with Crippen molar-refractivity contribution in [3.63, 3.8) is 0 Å². The van der Waals surface area contributed by atoms with Gasteiger partial charge in [-0.15, -0.1) is 0 Å². The van der Waals surface area contributed by atoms with Gasteiger partial charge in [-0.1, -0.05) is 12.1 Å². The largest absolute Gasteiger partial charge is 0.486 e. The van der Waals surface area contributed by atoms with E-state index in [1.807, 2.05) is 18.2 Å². The molecule has 0 unspecified atom stereocenters. The number of benzene rings is 1. The number of para-hydroxylation sites is 1. The molecule has 0 bridgehead atoms. The number of carbonyl (C=O) groups is 1. The molecule has 1 radical (unpaired) electrons. The summed E-state index contributed by atoms with van der Waals surface area (Å²) in [7, 11) is 0. The molecule has 1 aromatic rings. The molecule has 1 aliphatic rings. The summed E-state index contributed by atoms with van der Waals surface area (Å²) in [5.41, 5.74) is 0.700. The average Bonchev–Trinajstić information content (AvgIpc) is 2.29. The molecule has 2 rings (SSSR count). The topological polar surface area (TPSA) is 26.3 Å². The van der Waals surface area contributed by atoms with Crippen molar-refractivity contribution in [3.8, 4) is 5.75 Å². The van der Waals surface area contributed by atoms with Crippen molar-refractivity contribution in [1.82, 2.24) is 0 Å². The zero-order chi connectivity index (χ0) is 8.39. The van der Waals surface area contributed by atoms with Crippen LogP contribution in [0.2, 0.25) is 0 Å². The van der Waals surface area contributed by atoms with Crippen LogP contribution in [-0.4, -0.2) is 5.78 Å². The third-order valence-corrected chi connectivity index (χ3v) is 1.89. The number of ketones is 1. The molecule has 0 atom stereocenters. The van der Waals surface area contributed by atoms with Gasteiger partial charge in [0.1, 0.15) is 12.4 Å². The highest BCUT2D eigenvalue weighted by atomic mass is 16.5. The van der Waals surface area contributed by atoms with Gasteiger partial charge in [-0.25, -0.2) is 0 Å². The van der Waals surface area contributed by atoms with Gasteiger partial charge in [0.15, 0.2) is 5.78 Å². The Hall–Kier alpha value is -1.31. The minimum absolute atomic E-state index is 0.166. The van der Waals surface area contributed by atoms with E-state index < -0.39 is 0 Å². The van der Waals surface area contributed by atoms with E-state index in [1.165, 1.54) is 0 Å². The molecular formula is C10H9O2. The third-order valence-electron chi connectivity index (χ3n) is 1.89. The second-order valence-corrected chi connectivity index (χ2v) is 2.74. The molecule has 1 aromatic carbocycles. The van der Waals surface area contributed by atoms with Gasteiger partial charge in [0.05, 0.1) is 5.56 Å². The van der Waals surface area contributed by atoms with Gasteiger partial charge >= 0.3 is 0 Å². The van der Waals surface area contributed by atoms with Gasteiger partial charge in [0.25, 0.3) is 0 Å². The summed E-state index contributed by atoms with van der Waals surface area (Å²) in [4.78, 5) is 11.4. The Labute approximate surface area is 71.2 Å². The summed E-state index contributed by atoms with van der Waals surface area (Å²) in [5, 5.41) is 0. The Balaban J connectivity index is 2.46. The lowest BCUT2D eigenvalue weighted by Gasteiger charge is -2.03. The van der Waals surface area contributed by atoms with Crippen molar-refractivity contribution in [3.05, 3.63) is 36.4 Å². The summed E-state index contributed by atoms with van der Waals surface area (Å²) in [6.45, 7) is 1.68. The zero-order valence-corrected chi connectivity index (χ0v) is 6.62. The van der Waals surface area contributed by atoms with E-state index in [2.05, 4.69) is 0 Å². The van der Waals surface area contributed by atoms with Gasteiger partial charge in [0, 0.05) is 6.42 Å². The highest BCUT2D eigenvalue weighted by Crippen LogP contribution is 2.24. The lowest BCUT2D eigenvalue weighted by atomic mass is 10.1. The summed E-state index contributed by atoms with van der Waals surface area (Å²) in [5.74, 6) is 0.847. The molecule has 0 N–H and O–H groups in total. The minimum atomic E-state index is 0.166. The molecule has 61 valence electrons. The first kappa shape index (κ1) is 7.35. The van der Waals surface area contributed by atoms with Crippen LogP contribution in [0.15, 0.2) is 24.3 Å². The Bertz CT molecular complexity index is 304. The first-order chi connectivity index (χ1) is 5.88. The van der Waals surface area contributed by atoms with Crippen molar-refractivity contribution in [2.24, 2.45) is 0 Å². The van der Waals surface area contributed by atoms with E-state index in [0.717, 1.165) is 0 Å². The third kappa shape index (κ3) is 1.20. The minimum Gasteiger partial charge on any atom is -0.486 e. The van der Waals surface area contributed by atoms with E-state index in [4.69, 9.17) is 4.74 Å². The maximum atomic E-state index is 11.4. The van der Waals surface area contributed by atoms with E-state index in [0.29, 0.717) is 24.2 Å². The van der Waals surface area contributed by atoms with Crippen molar-refractivity contribution in [2.75, 3.05) is 0 Å². The molecule has 0 saturated carbocycles. The smallest absolute Gasteiger partial charge is 0.166 e. The fourth-order valence-electron chi connectivity index (χ4n) is 1.27. The average molecular weight is 161 g/mol. The number of hydrogen-bond acceptors (Lipinski definition) is 2. The van der Waals surface area contributed by atoms with Crippen molar-refractivity contribution in [1.29, 1.82) is 0 Å². The Morgan fingerprint density at radius 1 is 1.25 bits per heavy atom. The van der Waals surface area contributed by atoms with Crippen LogP contribution in [0.3, 0.4) is 0 Å². The number of carbonyl (C=O) groups excluding carboxylic acids is 1. The van der Waals surface area contributed by atoms with Gasteiger partial charge < -0.3 is 4.74 Å². The van der Waals surface area contributed by atoms with Crippen molar-refractivity contribution in [2.45, 2.75) is 12.8 Å². The van der Waals surface area contributed by atoms with Gasteiger partial charge in [0.2, 0.25) is 0 Å². The lowest BCUT2D eigenvalue weighted by Crippen LogP contribution is -1.96. The first-order valence-electron chi connectivity index (χ1n) is 3.98. The van der Waals surface area contributed by atoms with Crippen LogP contribution >= 0.6 is 0 Å². The van der Waals surface area contributed by atoms with Crippen LogP contribution in [0, 0.1) is 6.61 Å². The summed E-state index contributed by atoms with van der Waals surface area (Å²) in [6, 6.07) is 7.34. The fourth-order valence-corrected chi connectivity index (χ4v) is 1.27. The molecule has 0 aromatic heterocycles. The SMILES string of the molecule is O=C1CC[CH]Oc2ccccc21. The predicted octanol–water partition coefficient (Wildman–Crippen LogP) is 2.20. The molecule has 0 aliphatic carbocycles. The summed E-state index contributed by atoms with van der Waals surface area (Å²) >= 11 is 0. The number of ether oxygens (including phenoxy) is 1. The van der Waals surface area contributed by atoms with Crippen LogP contribution in [0.25, 0.3) is 0 Å². The Kier molecular flexibility index (Phi) is 1.82. The maximum Gasteiger partial charge on any atom is 0.166 e. The van der Waals surface area contributed by atoms with Gasteiger partial charge in [-0.2, -0.15) is 0 Å². The van der Waals surface area contributed by atoms with Crippen LogP contribution in [0.4, 0.5) is 0 Å². The molecule has 12 heavy (non-hydrogen) atoms. The molecular weight excluding hydrogens is 152 g/mol. The molecule has 2 heteroatoms. The highest BCUT2D eigenvalue weighted by molar-refractivity contribution is 5.98. The quantitative estimate of drug-likeness (QED) is 0.583. The summed E-state index contributed by atoms with van der Waals surface area (Å²) < 4.78 is 5.27. The first-order valence-corrected chi connectivity index (χ1v) is 3.98. The predicted molar refractivity (Wildman–Crippen MR) is 44.9 cm³/mol. The second-order valence-electron chi connectivity index (χ2n) is 2.74. The van der Waals surface area contributed by atoms with Crippen LogP contribution in [0.5, 0.6) is 5.75 Å². The summed E-state index contributed by atoms with van der Waals surface area (Å²) in [6.07, 6.45) is 1.25. The van der Waals surface area contributed by atoms with E-state index in [1.54, 1.807) is 12.7 Å². The monoisotopic (exact) mass is 161 g/mol. The van der Waals surface area contributed by atoms with Crippen LogP contribution in [-0.2, 0) is 0 Å². The normalized spacial score (nSPS) is 16.2. The second kappa shape index (κ2) is 2.97. The van der Waals surface area contributed by atoms with E-state index in [9.17, 15) is 4.79 Å². The molecule has 2 nitrogen and oxygen atoms in total. The number of rotatable bonds is 0. The Morgan fingerprint density at radius 3 is 3.00 bits per heavy atom. The number of hydrogen-bond donors (Lipinski definition) is 0. The van der Waals surface area contributed by atoms with Crippen molar-refractivity contribution >= 4 is 5.78 Å². The van der Waals surface area contributed by atoms with Crippen LogP contribution in [0.1, 0.15) is 23.2 Å². The maximum absolute atomic E-state index is 11.4. The van der Waals surface area contributed by atoms with Crippen molar-refractivity contribution < 1.29 is 9.53 Å². The van der Waals surface area contributed by atoms with E-state index in [-0.39, 0.29) is 5.78 Å². The fraction of sp³-hybridized carbons (Fsp3) is 0.200. The molecule has 0 saturated heterocycles. The van der Waals surface area contributed by atoms with Gasteiger partial charge in [-0.3, -0.25) is 4.79 Å². The lowest BCUT2D eigenvalue weighted by molar-refractivity contribution is 0.0984. The molecule has 1 heterocycles. The molecule has 1 aliphatic heterocycles. The Morgan fingerprint density at radius 2 is 2.08 bits per heavy atom. The standard InChI is InChI=1S/C10H9O2/c11-9-5-3-7-12-10-6-2-1-4-8(9)10/h1-2,4,6-7H,3,5H2. The number of fused-ring (bicyclic) bond motifs is 1. The molecule has 0 fully saturated rings. The van der Waals surface area contributed by atoms with E-state index >= 15 is 0 Å². The number of Topliss-reactive ketones (excluding diaryl/α,β-unsaturated/α-hetero) is 1. The van der Waals surface area contributed by atoms with Crippen LogP contribution < -0.4 is 4.74 Å². The zero-order valence-electron chi connectivity index (χ0n) is 6.62.